The van der Waals surface area contributed by atoms with E-state index in [4.69, 9.17) is 4.74 Å². The molecule has 3 aromatic rings. The van der Waals surface area contributed by atoms with Crippen LogP contribution in [0, 0.1) is 6.92 Å². The molecule has 32 heavy (non-hydrogen) atoms. The topological polar surface area (TPSA) is 66.9 Å². The summed E-state index contributed by atoms with van der Waals surface area (Å²) in [5.41, 5.74) is 3.31. The molecule has 2 unspecified atom stereocenters. The highest BCUT2D eigenvalue weighted by Crippen LogP contribution is 2.44. The van der Waals surface area contributed by atoms with Crippen LogP contribution in [0.3, 0.4) is 0 Å². The molecule has 3 amide bonds. The smallest absolute Gasteiger partial charge is 0.262 e. The molecular formula is C26H22N2O4. The maximum Gasteiger partial charge on any atom is 0.262 e. The highest BCUT2D eigenvalue weighted by atomic mass is 16.5. The van der Waals surface area contributed by atoms with Crippen molar-refractivity contribution in [3.8, 4) is 5.75 Å². The third-order valence-corrected chi connectivity index (χ3v) is 6.02. The van der Waals surface area contributed by atoms with Gasteiger partial charge < -0.3 is 9.64 Å². The van der Waals surface area contributed by atoms with Crippen LogP contribution in [0.1, 0.15) is 44.8 Å². The van der Waals surface area contributed by atoms with Gasteiger partial charge in [-0.2, -0.15) is 0 Å². The van der Waals surface area contributed by atoms with Crippen molar-refractivity contribution >= 4 is 23.4 Å². The number of hydrogen-bond acceptors (Lipinski definition) is 4. The summed E-state index contributed by atoms with van der Waals surface area (Å²) in [5.74, 6) is -0.407. The van der Waals surface area contributed by atoms with E-state index in [2.05, 4.69) is 0 Å². The SMILES string of the molecule is CCOc1ccc(C2C(N3C(=O)c4ccccc4C3=O)C(=O)N2c2ccc(C)cc2)cc1. The molecule has 0 saturated carbocycles. The molecule has 6 heteroatoms. The van der Waals surface area contributed by atoms with Gasteiger partial charge in [-0.25, -0.2) is 0 Å². The largest absolute Gasteiger partial charge is 0.494 e. The van der Waals surface area contributed by atoms with Crippen LogP contribution in [-0.4, -0.2) is 35.3 Å². The molecule has 0 spiro atoms. The highest BCUT2D eigenvalue weighted by molar-refractivity contribution is 6.24. The lowest BCUT2D eigenvalue weighted by Crippen LogP contribution is -2.67. The van der Waals surface area contributed by atoms with Crippen molar-refractivity contribution in [2.45, 2.75) is 25.9 Å². The zero-order valence-electron chi connectivity index (χ0n) is 17.8. The van der Waals surface area contributed by atoms with Crippen LogP contribution in [0.2, 0.25) is 0 Å². The van der Waals surface area contributed by atoms with E-state index in [0.717, 1.165) is 27.5 Å². The number of benzene rings is 3. The molecule has 0 aromatic heterocycles. The first-order valence-electron chi connectivity index (χ1n) is 10.6. The van der Waals surface area contributed by atoms with Gasteiger partial charge in [-0.3, -0.25) is 19.3 Å². The van der Waals surface area contributed by atoms with Crippen molar-refractivity contribution in [1.82, 2.24) is 4.90 Å². The quantitative estimate of drug-likeness (QED) is 0.454. The molecule has 0 bridgehead atoms. The third-order valence-electron chi connectivity index (χ3n) is 6.02. The molecule has 2 heterocycles. The van der Waals surface area contributed by atoms with Gasteiger partial charge in [-0.05, 0) is 55.8 Å². The fourth-order valence-corrected chi connectivity index (χ4v) is 4.44. The summed E-state index contributed by atoms with van der Waals surface area (Å²) >= 11 is 0. The number of amides is 3. The maximum absolute atomic E-state index is 13.4. The lowest BCUT2D eigenvalue weighted by molar-refractivity contribution is -0.130. The normalized spacial score (nSPS) is 19.8. The Hall–Kier alpha value is -3.93. The van der Waals surface area contributed by atoms with E-state index in [0.29, 0.717) is 17.7 Å². The highest BCUT2D eigenvalue weighted by Gasteiger charge is 2.57. The zero-order valence-corrected chi connectivity index (χ0v) is 17.8. The number of rotatable bonds is 5. The Morgan fingerprint density at radius 1 is 0.750 bits per heavy atom. The number of imide groups is 1. The number of anilines is 1. The number of nitrogens with zero attached hydrogens (tertiary/aromatic N) is 2. The molecule has 6 nitrogen and oxygen atoms in total. The molecule has 160 valence electrons. The molecule has 1 saturated heterocycles. The molecule has 0 aliphatic carbocycles. The van der Waals surface area contributed by atoms with Gasteiger partial charge in [-0.15, -0.1) is 0 Å². The van der Waals surface area contributed by atoms with Crippen molar-refractivity contribution in [2.75, 3.05) is 11.5 Å². The first-order valence-corrected chi connectivity index (χ1v) is 10.6. The van der Waals surface area contributed by atoms with Gasteiger partial charge in [0.15, 0.2) is 0 Å². The minimum absolute atomic E-state index is 0.276. The number of aryl methyl sites for hydroxylation is 1. The van der Waals surface area contributed by atoms with Crippen LogP contribution in [0.25, 0.3) is 0 Å². The Morgan fingerprint density at radius 3 is 1.91 bits per heavy atom. The second kappa shape index (κ2) is 7.64. The predicted molar refractivity (Wildman–Crippen MR) is 120 cm³/mol. The molecule has 3 aromatic carbocycles. The van der Waals surface area contributed by atoms with Crippen molar-refractivity contribution in [3.63, 3.8) is 0 Å². The molecular weight excluding hydrogens is 404 g/mol. The van der Waals surface area contributed by atoms with E-state index in [-0.39, 0.29) is 5.91 Å². The minimum Gasteiger partial charge on any atom is -0.494 e. The Morgan fingerprint density at radius 2 is 1.34 bits per heavy atom. The maximum atomic E-state index is 13.4. The van der Waals surface area contributed by atoms with Gasteiger partial charge in [-0.1, -0.05) is 42.0 Å². The fourth-order valence-electron chi connectivity index (χ4n) is 4.44. The average Bonchev–Trinajstić information content (AvgIpc) is 3.05. The monoisotopic (exact) mass is 426 g/mol. The molecule has 1 fully saturated rings. The van der Waals surface area contributed by atoms with E-state index in [9.17, 15) is 14.4 Å². The summed E-state index contributed by atoms with van der Waals surface area (Å²) < 4.78 is 5.54. The Balaban J connectivity index is 1.56. The summed E-state index contributed by atoms with van der Waals surface area (Å²) in [6.07, 6.45) is 0. The van der Waals surface area contributed by atoms with E-state index in [1.165, 1.54) is 0 Å². The summed E-state index contributed by atoms with van der Waals surface area (Å²) in [7, 11) is 0. The average molecular weight is 426 g/mol. The fraction of sp³-hybridized carbons (Fsp3) is 0.192. The van der Waals surface area contributed by atoms with E-state index >= 15 is 0 Å². The second-order valence-corrected chi connectivity index (χ2v) is 7.96. The first kappa shape index (κ1) is 20.0. The van der Waals surface area contributed by atoms with Gasteiger partial charge in [0, 0.05) is 5.69 Å². The zero-order chi connectivity index (χ0) is 22.4. The van der Waals surface area contributed by atoms with Crippen LogP contribution >= 0.6 is 0 Å². The van der Waals surface area contributed by atoms with E-state index < -0.39 is 23.9 Å². The van der Waals surface area contributed by atoms with Gasteiger partial charge in [0.25, 0.3) is 17.7 Å². The van der Waals surface area contributed by atoms with Crippen molar-refractivity contribution in [1.29, 1.82) is 0 Å². The Bertz CT molecular complexity index is 1180. The molecule has 0 radical (unpaired) electrons. The molecule has 2 atom stereocenters. The predicted octanol–water partition coefficient (Wildman–Crippen LogP) is 4.15. The summed E-state index contributed by atoms with van der Waals surface area (Å²) in [6.45, 7) is 4.44. The van der Waals surface area contributed by atoms with E-state index in [1.807, 2.05) is 62.4 Å². The van der Waals surface area contributed by atoms with Gasteiger partial charge in [0.05, 0.1) is 23.8 Å². The number of hydrogen-bond donors (Lipinski definition) is 0. The number of fused-ring (bicyclic) bond motifs is 1. The van der Waals surface area contributed by atoms with Crippen LogP contribution in [-0.2, 0) is 4.79 Å². The van der Waals surface area contributed by atoms with Gasteiger partial charge in [0.1, 0.15) is 11.8 Å². The van der Waals surface area contributed by atoms with Crippen molar-refractivity contribution in [3.05, 3.63) is 95.1 Å². The summed E-state index contributed by atoms with van der Waals surface area (Å²) in [6, 6.07) is 20.4. The number of carbonyl (C=O) groups excluding carboxylic acids is 3. The lowest BCUT2D eigenvalue weighted by Gasteiger charge is -2.49. The molecule has 2 aliphatic rings. The first-order chi connectivity index (χ1) is 15.5. The molecule has 2 aliphatic heterocycles. The van der Waals surface area contributed by atoms with Gasteiger partial charge in [0.2, 0.25) is 0 Å². The van der Waals surface area contributed by atoms with Crippen LogP contribution in [0.5, 0.6) is 5.75 Å². The molecule has 5 rings (SSSR count). The Labute approximate surface area is 186 Å². The van der Waals surface area contributed by atoms with Gasteiger partial charge >= 0.3 is 0 Å². The minimum atomic E-state index is -0.901. The van der Waals surface area contributed by atoms with Crippen LogP contribution < -0.4 is 9.64 Å². The number of carbonyl (C=O) groups is 3. The standard InChI is InChI=1S/C26H22N2O4/c1-3-32-19-14-10-17(11-15-19)22-23(26(31)27(22)18-12-8-16(2)9-13-18)28-24(29)20-6-4-5-7-21(20)25(28)30/h4-15,22-23H,3H2,1-2H3. The van der Waals surface area contributed by atoms with E-state index in [1.54, 1.807) is 29.2 Å². The lowest BCUT2D eigenvalue weighted by atomic mass is 9.86. The third kappa shape index (κ3) is 2.99. The van der Waals surface area contributed by atoms with Crippen molar-refractivity contribution < 1.29 is 19.1 Å². The van der Waals surface area contributed by atoms with Crippen LogP contribution in [0.4, 0.5) is 5.69 Å². The second-order valence-electron chi connectivity index (χ2n) is 7.96. The molecule has 0 N–H and O–H groups in total. The number of β-lactam (4-membered cyclic amide) rings is 1. The van der Waals surface area contributed by atoms with Crippen LogP contribution in [0.15, 0.2) is 72.8 Å². The number of ether oxygens (including phenoxy) is 1. The Kier molecular flexibility index (Phi) is 4.78. The summed E-state index contributed by atoms with van der Waals surface area (Å²) in [4.78, 5) is 42.4. The summed E-state index contributed by atoms with van der Waals surface area (Å²) in [5, 5.41) is 0. The van der Waals surface area contributed by atoms with Crippen molar-refractivity contribution in [2.24, 2.45) is 0 Å².